The molecule has 0 aromatic carbocycles. The second-order valence-electron chi connectivity index (χ2n) is 2.05. The monoisotopic (exact) mass is 143 g/mol. The number of carbonyl (C=O) groups is 1. The van der Waals surface area contributed by atoms with E-state index in [1.54, 1.807) is 13.0 Å². The Kier molecular flexibility index (Phi) is 4.80. The molecule has 0 unspecified atom stereocenters. The molecule has 0 saturated carbocycles. The first kappa shape index (κ1) is 9.33. The van der Waals surface area contributed by atoms with Crippen molar-refractivity contribution in [3.8, 4) is 0 Å². The van der Waals surface area contributed by atoms with Crippen molar-refractivity contribution in [3.63, 3.8) is 0 Å². The van der Waals surface area contributed by atoms with E-state index in [-0.39, 0.29) is 5.78 Å². The molecule has 10 heavy (non-hydrogen) atoms. The lowest BCUT2D eigenvalue weighted by molar-refractivity contribution is -0.118. The first-order valence-corrected chi connectivity index (χ1v) is 3.23. The standard InChI is InChI=1S/C7H13NO2/c1-6(3-2-4-8)7(10)5-9/h3,9H,2,4-5,8H2,1H3/b6-3+. The molecule has 0 aliphatic carbocycles. The highest BCUT2D eigenvalue weighted by Gasteiger charge is 1.99. The van der Waals surface area contributed by atoms with Crippen LogP contribution in [-0.2, 0) is 4.79 Å². The smallest absolute Gasteiger partial charge is 0.183 e. The van der Waals surface area contributed by atoms with Crippen LogP contribution in [0.4, 0.5) is 0 Å². The van der Waals surface area contributed by atoms with E-state index in [1.807, 2.05) is 0 Å². The Morgan fingerprint density at radius 1 is 1.70 bits per heavy atom. The maximum atomic E-state index is 10.7. The lowest BCUT2D eigenvalue weighted by Gasteiger charge is -1.94. The quantitative estimate of drug-likeness (QED) is 0.538. The normalized spacial score (nSPS) is 11.7. The van der Waals surface area contributed by atoms with Gasteiger partial charge in [0, 0.05) is 0 Å². The predicted molar refractivity (Wildman–Crippen MR) is 39.5 cm³/mol. The van der Waals surface area contributed by atoms with Crippen LogP contribution < -0.4 is 5.73 Å². The molecule has 58 valence electrons. The molecule has 3 N–H and O–H groups in total. The minimum atomic E-state index is -0.410. The van der Waals surface area contributed by atoms with Gasteiger partial charge >= 0.3 is 0 Å². The minimum absolute atomic E-state index is 0.228. The lowest BCUT2D eigenvalue weighted by Crippen LogP contribution is -2.05. The van der Waals surface area contributed by atoms with Crippen molar-refractivity contribution >= 4 is 5.78 Å². The van der Waals surface area contributed by atoms with E-state index in [9.17, 15) is 4.79 Å². The van der Waals surface area contributed by atoms with Crippen LogP contribution in [-0.4, -0.2) is 24.0 Å². The summed E-state index contributed by atoms with van der Waals surface area (Å²) >= 11 is 0. The Hall–Kier alpha value is -0.670. The third-order valence-electron chi connectivity index (χ3n) is 1.20. The molecule has 0 aliphatic heterocycles. The zero-order valence-corrected chi connectivity index (χ0v) is 6.13. The van der Waals surface area contributed by atoms with Gasteiger partial charge in [0.15, 0.2) is 5.78 Å². The maximum absolute atomic E-state index is 10.7. The Morgan fingerprint density at radius 3 is 2.70 bits per heavy atom. The molecule has 0 amide bonds. The number of Topliss-reactive ketones (excluding diaryl/α,β-unsaturated/α-hetero) is 1. The molecule has 0 saturated heterocycles. The van der Waals surface area contributed by atoms with Crippen molar-refractivity contribution in [2.45, 2.75) is 13.3 Å². The number of rotatable bonds is 4. The first-order chi connectivity index (χ1) is 4.72. The van der Waals surface area contributed by atoms with Crippen molar-refractivity contribution in [3.05, 3.63) is 11.6 Å². The third-order valence-corrected chi connectivity index (χ3v) is 1.20. The van der Waals surface area contributed by atoms with Crippen LogP contribution >= 0.6 is 0 Å². The van der Waals surface area contributed by atoms with Crippen LogP contribution in [0.3, 0.4) is 0 Å². The summed E-state index contributed by atoms with van der Waals surface area (Å²) < 4.78 is 0. The van der Waals surface area contributed by atoms with Gasteiger partial charge in [0.25, 0.3) is 0 Å². The second-order valence-corrected chi connectivity index (χ2v) is 2.05. The highest BCUT2D eigenvalue weighted by molar-refractivity contribution is 5.95. The van der Waals surface area contributed by atoms with Crippen molar-refractivity contribution < 1.29 is 9.90 Å². The average molecular weight is 143 g/mol. The molecule has 0 heterocycles. The van der Waals surface area contributed by atoms with Crippen molar-refractivity contribution in [2.75, 3.05) is 13.2 Å². The van der Waals surface area contributed by atoms with Gasteiger partial charge in [0.05, 0.1) is 0 Å². The zero-order valence-electron chi connectivity index (χ0n) is 6.13. The number of aliphatic hydroxyl groups is 1. The van der Waals surface area contributed by atoms with Gasteiger partial charge in [-0.25, -0.2) is 0 Å². The summed E-state index contributed by atoms with van der Waals surface area (Å²) in [5, 5.41) is 8.38. The van der Waals surface area contributed by atoms with Crippen LogP contribution in [0.25, 0.3) is 0 Å². The van der Waals surface area contributed by atoms with Gasteiger partial charge in [-0.05, 0) is 25.5 Å². The Bertz CT molecular complexity index is 141. The molecule has 0 radical (unpaired) electrons. The number of aliphatic hydroxyl groups excluding tert-OH is 1. The molecular formula is C7H13NO2. The molecule has 0 rings (SSSR count). The van der Waals surface area contributed by atoms with E-state index in [4.69, 9.17) is 10.8 Å². The second kappa shape index (κ2) is 5.14. The SMILES string of the molecule is C/C(=C\CCN)C(=O)CO. The fourth-order valence-electron chi connectivity index (χ4n) is 0.538. The van der Waals surface area contributed by atoms with E-state index in [2.05, 4.69) is 0 Å². The number of nitrogens with two attached hydrogens (primary N) is 1. The molecule has 0 bridgehead atoms. The van der Waals surface area contributed by atoms with Gasteiger partial charge in [-0.3, -0.25) is 4.79 Å². The summed E-state index contributed by atoms with van der Waals surface area (Å²) in [5.41, 5.74) is 5.79. The molecule has 0 atom stereocenters. The number of hydrogen-bond acceptors (Lipinski definition) is 3. The zero-order chi connectivity index (χ0) is 7.98. The molecular weight excluding hydrogens is 130 g/mol. The predicted octanol–water partition coefficient (Wildman–Crippen LogP) is -0.157. The van der Waals surface area contributed by atoms with E-state index in [1.165, 1.54) is 0 Å². The van der Waals surface area contributed by atoms with E-state index in [0.29, 0.717) is 18.5 Å². The van der Waals surface area contributed by atoms with Crippen molar-refractivity contribution in [2.24, 2.45) is 5.73 Å². The first-order valence-electron chi connectivity index (χ1n) is 3.23. The summed E-state index contributed by atoms with van der Waals surface area (Å²) in [6, 6.07) is 0. The van der Waals surface area contributed by atoms with E-state index < -0.39 is 6.61 Å². The topological polar surface area (TPSA) is 63.3 Å². The van der Waals surface area contributed by atoms with E-state index >= 15 is 0 Å². The molecule has 3 nitrogen and oxygen atoms in total. The Morgan fingerprint density at radius 2 is 2.30 bits per heavy atom. The van der Waals surface area contributed by atoms with Crippen molar-refractivity contribution in [1.29, 1.82) is 0 Å². The Labute approximate surface area is 60.5 Å². The fraction of sp³-hybridized carbons (Fsp3) is 0.571. The van der Waals surface area contributed by atoms with Gasteiger partial charge in [-0.1, -0.05) is 6.08 Å². The van der Waals surface area contributed by atoms with Crippen LogP contribution in [0.15, 0.2) is 11.6 Å². The molecule has 0 fully saturated rings. The van der Waals surface area contributed by atoms with Crippen LogP contribution in [0.1, 0.15) is 13.3 Å². The molecule has 0 spiro atoms. The van der Waals surface area contributed by atoms with Crippen molar-refractivity contribution in [1.82, 2.24) is 0 Å². The molecule has 3 heteroatoms. The third kappa shape index (κ3) is 3.37. The highest BCUT2D eigenvalue weighted by Crippen LogP contribution is 1.95. The van der Waals surface area contributed by atoms with Gasteiger partial charge in [-0.15, -0.1) is 0 Å². The van der Waals surface area contributed by atoms with Gasteiger partial charge < -0.3 is 10.8 Å². The summed E-state index contributed by atoms with van der Waals surface area (Å²) in [6.07, 6.45) is 2.43. The van der Waals surface area contributed by atoms with Crippen LogP contribution in [0, 0.1) is 0 Å². The molecule has 0 aromatic heterocycles. The van der Waals surface area contributed by atoms with Crippen LogP contribution in [0.5, 0.6) is 0 Å². The van der Waals surface area contributed by atoms with Gasteiger partial charge in [0.1, 0.15) is 6.61 Å². The van der Waals surface area contributed by atoms with Gasteiger partial charge in [-0.2, -0.15) is 0 Å². The van der Waals surface area contributed by atoms with Crippen LogP contribution in [0.2, 0.25) is 0 Å². The van der Waals surface area contributed by atoms with Gasteiger partial charge in [0.2, 0.25) is 0 Å². The Balaban J connectivity index is 3.80. The highest BCUT2D eigenvalue weighted by atomic mass is 16.3. The van der Waals surface area contributed by atoms with E-state index in [0.717, 1.165) is 0 Å². The fourth-order valence-corrected chi connectivity index (χ4v) is 0.538. The largest absolute Gasteiger partial charge is 0.388 e. The molecule has 0 aromatic rings. The summed E-state index contributed by atoms with van der Waals surface area (Å²) in [5.74, 6) is -0.228. The number of ketones is 1. The minimum Gasteiger partial charge on any atom is -0.388 e. The average Bonchev–Trinajstić information content (AvgIpc) is 1.98. The number of carbonyl (C=O) groups excluding carboxylic acids is 1. The molecule has 0 aliphatic rings. The lowest BCUT2D eigenvalue weighted by atomic mass is 10.2. The maximum Gasteiger partial charge on any atom is 0.183 e. The summed E-state index contributed by atoms with van der Waals surface area (Å²) in [6.45, 7) is 1.80. The summed E-state index contributed by atoms with van der Waals surface area (Å²) in [4.78, 5) is 10.7. The summed E-state index contributed by atoms with van der Waals surface area (Å²) in [7, 11) is 0. The number of hydrogen-bond donors (Lipinski definition) is 2.